The van der Waals surface area contributed by atoms with Gasteiger partial charge in [0.15, 0.2) is 0 Å². The standard InChI is InChI=1S/C21H23N5O2/c1-13-20(14(2)28-25-13)16-6-7-18(23-11-16)17-5-4-10-26(12-17)21(27)19-8-9-22-15(3)24-19/h6-9,11,17H,4-5,10,12H2,1-3H3. The van der Waals surface area contributed by atoms with Gasteiger partial charge < -0.3 is 9.42 Å². The van der Waals surface area contributed by atoms with Crippen LogP contribution >= 0.6 is 0 Å². The summed E-state index contributed by atoms with van der Waals surface area (Å²) in [7, 11) is 0. The molecule has 3 aromatic rings. The third-order valence-electron chi connectivity index (χ3n) is 5.23. The van der Waals surface area contributed by atoms with Gasteiger partial charge >= 0.3 is 0 Å². The number of rotatable bonds is 3. The molecule has 7 nitrogen and oxygen atoms in total. The quantitative estimate of drug-likeness (QED) is 0.695. The van der Waals surface area contributed by atoms with E-state index < -0.39 is 0 Å². The SMILES string of the molecule is Cc1nccc(C(=O)N2CCCC(c3ccc(-c4c(C)noc4C)cn3)C2)n1. The minimum absolute atomic E-state index is 0.0393. The molecule has 1 amide bonds. The van der Waals surface area contributed by atoms with Gasteiger partial charge in [-0.25, -0.2) is 9.97 Å². The minimum Gasteiger partial charge on any atom is -0.361 e. The molecule has 1 unspecified atom stereocenters. The molecule has 4 heterocycles. The van der Waals surface area contributed by atoms with Gasteiger partial charge in [0.1, 0.15) is 17.3 Å². The highest BCUT2D eigenvalue weighted by atomic mass is 16.5. The van der Waals surface area contributed by atoms with E-state index in [1.807, 2.05) is 24.9 Å². The van der Waals surface area contributed by atoms with Crippen LogP contribution in [0.1, 0.15) is 52.2 Å². The summed E-state index contributed by atoms with van der Waals surface area (Å²) in [6.45, 7) is 7.03. The molecule has 0 aliphatic carbocycles. The summed E-state index contributed by atoms with van der Waals surface area (Å²) >= 11 is 0. The summed E-state index contributed by atoms with van der Waals surface area (Å²) in [5.41, 5.74) is 4.32. The van der Waals surface area contributed by atoms with Crippen LogP contribution in [-0.2, 0) is 0 Å². The molecule has 0 saturated carbocycles. The molecule has 1 fully saturated rings. The number of carbonyl (C=O) groups is 1. The Bertz CT molecular complexity index is 977. The highest BCUT2D eigenvalue weighted by Gasteiger charge is 2.27. The van der Waals surface area contributed by atoms with E-state index in [-0.39, 0.29) is 11.8 Å². The Morgan fingerprint density at radius 2 is 2.04 bits per heavy atom. The van der Waals surface area contributed by atoms with Crippen LogP contribution in [0.2, 0.25) is 0 Å². The molecule has 1 atom stereocenters. The van der Waals surface area contributed by atoms with E-state index in [0.29, 0.717) is 18.1 Å². The number of carbonyl (C=O) groups excluding carboxylic acids is 1. The van der Waals surface area contributed by atoms with Crippen LogP contribution < -0.4 is 0 Å². The van der Waals surface area contributed by atoms with E-state index in [0.717, 1.165) is 47.7 Å². The Labute approximate surface area is 163 Å². The number of piperidine rings is 1. The van der Waals surface area contributed by atoms with Gasteiger partial charge in [-0.1, -0.05) is 11.2 Å². The van der Waals surface area contributed by atoms with E-state index >= 15 is 0 Å². The molecule has 3 aromatic heterocycles. The van der Waals surface area contributed by atoms with Gasteiger partial charge in [-0.3, -0.25) is 9.78 Å². The lowest BCUT2D eigenvalue weighted by atomic mass is 9.93. The van der Waals surface area contributed by atoms with Gasteiger partial charge in [-0.15, -0.1) is 0 Å². The van der Waals surface area contributed by atoms with Crippen molar-refractivity contribution in [2.24, 2.45) is 0 Å². The second-order valence-electron chi connectivity index (χ2n) is 7.25. The Morgan fingerprint density at radius 3 is 2.71 bits per heavy atom. The lowest BCUT2D eigenvalue weighted by molar-refractivity contribution is 0.0699. The summed E-state index contributed by atoms with van der Waals surface area (Å²) in [6.07, 6.45) is 5.47. The maximum atomic E-state index is 12.8. The first-order chi connectivity index (χ1) is 13.5. The normalized spacial score (nSPS) is 17.0. The minimum atomic E-state index is -0.0393. The van der Waals surface area contributed by atoms with Crippen molar-refractivity contribution in [1.29, 1.82) is 0 Å². The fourth-order valence-electron chi connectivity index (χ4n) is 3.83. The predicted molar refractivity (Wildman–Crippen MR) is 104 cm³/mol. The van der Waals surface area contributed by atoms with Crippen molar-refractivity contribution in [1.82, 2.24) is 25.0 Å². The van der Waals surface area contributed by atoms with Gasteiger partial charge in [0.25, 0.3) is 5.91 Å². The van der Waals surface area contributed by atoms with Crippen molar-refractivity contribution in [3.63, 3.8) is 0 Å². The number of aromatic nitrogens is 4. The monoisotopic (exact) mass is 377 g/mol. The van der Waals surface area contributed by atoms with Crippen molar-refractivity contribution >= 4 is 5.91 Å². The van der Waals surface area contributed by atoms with E-state index in [4.69, 9.17) is 4.52 Å². The number of hydrogen-bond acceptors (Lipinski definition) is 6. The van der Waals surface area contributed by atoms with Crippen LogP contribution in [0.15, 0.2) is 35.1 Å². The number of nitrogens with zero attached hydrogens (tertiary/aromatic N) is 5. The first-order valence-corrected chi connectivity index (χ1v) is 9.51. The zero-order valence-corrected chi connectivity index (χ0v) is 16.3. The topological polar surface area (TPSA) is 85.0 Å². The van der Waals surface area contributed by atoms with Crippen LogP contribution in [-0.4, -0.2) is 44.0 Å². The number of likely N-dealkylation sites (tertiary alicyclic amines) is 1. The van der Waals surface area contributed by atoms with Crippen LogP contribution in [0, 0.1) is 20.8 Å². The highest BCUT2D eigenvalue weighted by Crippen LogP contribution is 2.30. The number of aryl methyl sites for hydroxylation is 3. The average molecular weight is 377 g/mol. The summed E-state index contributed by atoms with van der Waals surface area (Å²) in [6, 6.07) is 5.79. The fraction of sp³-hybridized carbons (Fsp3) is 0.381. The number of pyridine rings is 1. The van der Waals surface area contributed by atoms with E-state index in [1.165, 1.54) is 0 Å². The zero-order valence-electron chi connectivity index (χ0n) is 16.3. The Kier molecular flexibility index (Phi) is 4.90. The highest BCUT2D eigenvalue weighted by molar-refractivity contribution is 5.92. The summed E-state index contributed by atoms with van der Waals surface area (Å²) in [5, 5.41) is 4.01. The van der Waals surface area contributed by atoms with Gasteiger partial charge in [0.2, 0.25) is 0 Å². The average Bonchev–Trinajstić information content (AvgIpc) is 3.06. The van der Waals surface area contributed by atoms with E-state index in [2.05, 4.69) is 32.2 Å². The largest absolute Gasteiger partial charge is 0.361 e. The molecule has 4 rings (SSSR count). The lowest BCUT2D eigenvalue weighted by Crippen LogP contribution is -2.39. The maximum absolute atomic E-state index is 12.8. The van der Waals surface area contributed by atoms with Gasteiger partial charge in [-0.05, 0) is 45.7 Å². The molecule has 0 aromatic carbocycles. The van der Waals surface area contributed by atoms with Crippen LogP contribution in [0.25, 0.3) is 11.1 Å². The predicted octanol–water partition coefficient (Wildman–Crippen LogP) is 3.47. The van der Waals surface area contributed by atoms with Gasteiger partial charge in [-0.2, -0.15) is 0 Å². The molecule has 0 spiro atoms. The van der Waals surface area contributed by atoms with Crippen LogP contribution in [0.4, 0.5) is 0 Å². The summed E-state index contributed by atoms with van der Waals surface area (Å²) in [4.78, 5) is 27.7. The smallest absolute Gasteiger partial charge is 0.272 e. The second kappa shape index (κ2) is 7.50. The third-order valence-corrected chi connectivity index (χ3v) is 5.23. The molecule has 7 heteroatoms. The Morgan fingerprint density at radius 1 is 1.18 bits per heavy atom. The molecular formula is C21H23N5O2. The van der Waals surface area contributed by atoms with E-state index in [1.54, 1.807) is 19.2 Å². The summed E-state index contributed by atoms with van der Waals surface area (Å²) in [5.74, 6) is 1.58. The van der Waals surface area contributed by atoms with Crippen molar-refractivity contribution in [2.45, 2.75) is 39.5 Å². The Hall–Kier alpha value is -3.09. The molecule has 28 heavy (non-hydrogen) atoms. The molecule has 0 N–H and O–H groups in total. The number of hydrogen-bond donors (Lipinski definition) is 0. The molecule has 0 bridgehead atoms. The zero-order chi connectivity index (χ0) is 19.7. The van der Waals surface area contributed by atoms with Gasteiger partial charge in [0, 0.05) is 48.2 Å². The Balaban J connectivity index is 1.51. The molecule has 144 valence electrons. The summed E-state index contributed by atoms with van der Waals surface area (Å²) < 4.78 is 5.25. The molecule has 1 aliphatic heterocycles. The molecule has 0 radical (unpaired) electrons. The first-order valence-electron chi connectivity index (χ1n) is 9.51. The van der Waals surface area contributed by atoms with Crippen molar-refractivity contribution in [3.8, 4) is 11.1 Å². The van der Waals surface area contributed by atoms with Gasteiger partial charge in [0.05, 0.1) is 5.69 Å². The fourth-order valence-corrected chi connectivity index (χ4v) is 3.83. The molecule has 1 saturated heterocycles. The van der Waals surface area contributed by atoms with Crippen molar-refractivity contribution < 1.29 is 9.32 Å². The molecule has 1 aliphatic rings. The third kappa shape index (κ3) is 3.52. The second-order valence-corrected chi connectivity index (χ2v) is 7.25. The van der Waals surface area contributed by atoms with Crippen LogP contribution in [0.3, 0.4) is 0 Å². The van der Waals surface area contributed by atoms with Crippen molar-refractivity contribution in [2.75, 3.05) is 13.1 Å². The maximum Gasteiger partial charge on any atom is 0.272 e. The number of amides is 1. The van der Waals surface area contributed by atoms with E-state index in [9.17, 15) is 4.79 Å². The lowest BCUT2D eigenvalue weighted by Gasteiger charge is -2.32. The molecular weight excluding hydrogens is 354 g/mol. The van der Waals surface area contributed by atoms with Crippen LogP contribution in [0.5, 0.6) is 0 Å². The van der Waals surface area contributed by atoms with Crippen molar-refractivity contribution in [3.05, 3.63) is 59.3 Å². The first kappa shape index (κ1) is 18.3.